The summed E-state index contributed by atoms with van der Waals surface area (Å²) >= 11 is 5.98. The number of benzene rings is 2. The van der Waals surface area contributed by atoms with Gasteiger partial charge in [0.15, 0.2) is 0 Å². The third-order valence-electron chi connectivity index (χ3n) is 2.95. The molecule has 0 spiro atoms. The zero-order valence-electron chi connectivity index (χ0n) is 10.5. The van der Waals surface area contributed by atoms with Crippen molar-refractivity contribution in [3.8, 4) is 6.07 Å². The third-order valence-corrected chi connectivity index (χ3v) is 3.18. The monoisotopic (exact) mass is 271 g/mol. The van der Waals surface area contributed by atoms with E-state index in [0.29, 0.717) is 16.3 Å². The molecule has 3 nitrogen and oxygen atoms in total. The Labute approximate surface area is 117 Å². The van der Waals surface area contributed by atoms with Crippen molar-refractivity contribution in [2.75, 3.05) is 11.1 Å². The van der Waals surface area contributed by atoms with E-state index in [1.807, 2.05) is 43.3 Å². The van der Waals surface area contributed by atoms with Gasteiger partial charge in [-0.3, -0.25) is 0 Å². The van der Waals surface area contributed by atoms with Gasteiger partial charge >= 0.3 is 0 Å². The molecule has 0 aromatic heterocycles. The molecule has 0 aliphatic heterocycles. The summed E-state index contributed by atoms with van der Waals surface area (Å²) in [6.45, 7) is 2.02. The quantitative estimate of drug-likeness (QED) is 0.831. The fourth-order valence-electron chi connectivity index (χ4n) is 1.88. The zero-order chi connectivity index (χ0) is 13.8. The van der Waals surface area contributed by atoms with Gasteiger partial charge in [-0.15, -0.1) is 0 Å². The average molecular weight is 272 g/mol. The summed E-state index contributed by atoms with van der Waals surface area (Å²) in [5, 5.41) is 12.9. The second kappa shape index (κ2) is 5.64. The highest BCUT2D eigenvalue weighted by molar-refractivity contribution is 6.30. The molecule has 2 aromatic carbocycles. The summed E-state index contributed by atoms with van der Waals surface area (Å²) in [4.78, 5) is 0. The van der Waals surface area contributed by atoms with Crippen LogP contribution in [0.4, 0.5) is 11.4 Å². The van der Waals surface area contributed by atoms with Crippen molar-refractivity contribution < 1.29 is 0 Å². The first kappa shape index (κ1) is 13.3. The Balaban J connectivity index is 2.25. The van der Waals surface area contributed by atoms with E-state index in [2.05, 4.69) is 11.4 Å². The van der Waals surface area contributed by atoms with Gasteiger partial charge in [0.2, 0.25) is 0 Å². The van der Waals surface area contributed by atoms with Crippen LogP contribution in [0.15, 0.2) is 42.5 Å². The molecule has 2 aromatic rings. The summed E-state index contributed by atoms with van der Waals surface area (Å²) < 4.78 is 0. The van der Waals surface area contributed by atoms with E-state index in [1.54, 1.807) is 6.07 Å². The van der Waals surface area contributed by atoms with Gasteiger partial charge in [0.25, 0.3) is 0 Å². The highest BCUT2D eigenvalue weighted by Gasteiger charge is 2.09. The predicted molar refractivity (Wildman–Crippen MR) is 79.1 cm³/mol. The first-order valence-electron chi connectivity index (χ1n) is 5.92. The van der Waals surface area contributed by atoms with Gasteiger partial charge in [0.05, 0.1) is 16.9 Å². The van der Waals surface area contributed by atoms with Crippen LogP contribution >= 0.6 is 11.6 Å². The molecule has 19 heavy (non-hydrogen) atoms. The van der Waals surface area contributed by atoms with Gasteiger partial charge < -0.3 is 11.1 Å². The van der Waals surface area contributed by atoms with Gasteiger partial charge in [-0.25, -0.2) is 0 Å². The molecule has 0 bridgehead atoms. The molecule has 0 saturated heterocycles. The molecule has 96 valence electrons. The smallest absolute Gasteiger partial charge is 0.101 e. The number of nitrogen functional groups attached to an aromatic ring is 1. The Hall–Kier alpha value is -2.18. The lowest BCUT2D eigenvalue weighted by atomic mass is 10.1. The Morgan fingerprint density at radius 3 is 2.68 bits per heavy atom. The number of anilines is 2. The summed E-state index contributed by atoms with van der Waals surface area (Å²) in [5.74, 6) is 0. The molecule has 0 aliphatic carbocycles. The lowest BCUT2D eigenvalue weighted by molar-refractivity contribution is 0.885. The summed E-state index contributed by atoms with van der Waals surface area (Å²) in [5.41, 5.74) is 8.71. The van der Waals surface area contributed by atoms with Gasteiger partial charge in [-0.2, -0.15) is 5.26 Å². The maximum absolute atomic E-state index is 8.96. The number of nitrogens with two attached hydrogens (primary N) is 1. The third kappa shape index (κ3) is 2.98. The highest BCUT2D eigenvalue weighted by Crippen LogP contribution is 2.27. The van der Waals surface area contributed by atoms with E-state index in [-0.39, 0.29) is 6.04 Å². The molecule has 1 atom stereocenters. The number of rotatable bonds is 3. The minimum atomic E-state index is 0.0509. The van der Waals surface area contributed by atoms with Crippen molar-refractivity contribution in [1.29, 1.82) is 5.26 Å². The van der Waals surface area contributed by atoms with E-state index >= 15 is 0 Å². The van der Waals surface area contributed by atoms with Crippen LogP contribution in [0.2, 0.25) is 5.02 Å². The molecule has 0 fully saturated rings. The normalized spacial score (nSPS) is 11.6. The molecule has 0 aliphatic rings. The number of nitrogens with zero attached hydrogens (tertiary/aromatic N) is 1. The van der Waals surface area contributed by atoms with Crippen molar-refractivity contribution in [3.63, 3.8) is 0 Å². The maximum Gasteiger partial charge on any atom is 0.101 e. The molecule has 2 rings (SSSR count). The number of nitrogens with one attached hydrogen (secondary N) is 1. The molecule has 0 amide bonds. The zero-order valence-corrected chi connectivity index (χ0v) is 11.3. The average Bonchev–Trinajstić information content (AvgIpc) is 2.41. The molecule has 3 N–H and O–H groups in total. The molecule has 0 saturated carbocycles. The van der Waals surface area contributed by atoms with E-state index in [0.717, 1.165) is 11.3 Å². The number of halogens is 1. The van der Waals surface area contributed by atoms with Crippen molar-refractivity contribution in [2.24, 2.45) is 0 Å². The van der Waals surface area contributed by atoms with Crippen LogP contribution in [0.5, 0.6) is 0 Å². The van der Waals surface area contributed by atoms with Crippen LogP contribution in [-0.2, 0) is 0 Å². The Morgan fingerprint density at radius 1 is 1.26 bits per heavy atom. The number of para-hydroxylation sites is 1. The minimum Gasteiger partial charge on any atom is -0.396 e. The van der Waals surface area contributed by atoms with Crippen molar-refractivity contribution in [1.82, 2.24) is 0 Å². The highest BCUT2D eigenvalue weighted by atomic mass is 35.5. The van der Waals surface area contributed by atoms with Crippen LogP contribution in [0.1, 0.15) is 24.1 Å². The number of nitriles is 1. The lowest BCUT2D eigenvalue weighted by Crippen LogP contribution is -2.09. The van der Waals surface area contributed by atoms with Crippen molar-refractivity contribution in [2.45, 2.75) is 13.0 Å². The summed E-state index contributed by atoms with van der Waals surface area (Å²) in [6, 6.07) is 15.1. The van der Waals surface area contributed by atoms with Crippen LogP contribution in [-0.4, -0.2) is 0 Å². The summed E-state index contributed by atoms with van der Waals surface area (Å²) in [7, 11) is 0. The predicted octanol–water partition coefficient (Wildman–Crippen LogP) is 3.97. The Kier molecular flexibility index (Phi) is 3.94. The Bertz CT molecular complexity index is 632. The fourth-order valence-corrected chi connectivity index (χ4v) is 2.08. The number of hydrogen-bond acceptors (Lipinski definition) is 3. The summed E-state index contributed by atoms with van der Waals surface area (Å²) in [6.07, 6.45) is 0. The van der Waals surface area contributed by atoms with Crippen LogP contribution in [0, 0.1) is 11.3 Å². The molecule has 0 heterocycles. The molecule has 4 heteroatoms. The fraction of sp³-hybridized carbons (Fsp3) is 0.133. The lowest BCUT2D eigenvalue weighted by Gasteiger charge is -2.17. The standard InChI is InChI=1S/C15H14ClN3/c1-10(11-4-2-6-13(16)8-11)19-14-7-3-5-12(9-17)15(14)18/h2-8,10,19H,18H2,1H3. The van der Waals surface area contributed by atoms with E-state index < -0.39 is 0 Å². The van der Waals surface area contributed by atoms with Crippen molar-refractivity contribution in [3.05, 3.63) is 58.6 Å². The van der Waals surface area contributed by atoms with Gasteiger partial charge in [0.1, 0.15) is 6.07 Å². The van der Waals surface area contributed by atoms with Crippen LogP contribution in [0.25, 0.3) is 0 Å². The Morgan fingerprint density at radius 2 is 2.00 bits per heavy atom. The maximum atomic E-state index is 8.96. The topological polar surface area (TPSA) is 61.8 Å². The largest absolute Gasteiger partial charge is 0.396 e. The minimum absolute atomic E-state index is 0.0509. The van der Waals surface area contributed by atoms with E-state index in [1.165, 1.54) is 0 Å². The van der Waals surface area contributed by atoms with E-state index in [9.17, 15) is 0 Å². The second-order valence-corrected chi connectivity index (χ2v) is 4.74. The molecular formula is C15H14ClN3. The first-order valence-corrected chi connectivity index (χ1v) is 6.30. The van der Waals surface area contributed by atoms with Crippen molar-refractivity contribution >= 4 is 23.0 Å². The SMILES string of the molecule is CC(Nc1cccc(C#N)c1N)c1cccc(Cl)c1. The van der Waals surface area contributed by atoms with Gasteiger partial charge in [-0.1, -0.05) is 29.8 Å². The van der Waals surface area contributed by atoms with Crippen LogP contribution in [0.3, 0.4) is 0 Å². The molecular weight excluding hydrogens is 258 g/mol. The molecule has 0 radical (unpaired) electrons. The molecule has 1 unspecified atom stereocenters. The van der Waals surface area contributed by atoms with Gasteiger partial charge in [0, 0.05) is 11.1 Å². The first-order chi connectivity index (χ1) is 9.11. The second-order valence-electron chi connectivity index (χ2n) is 4.30. The number of hydrogen-bond donors (Lipinski definition) is 2. The van der Waals surface area contributed by atoms with E-state index in [4.69, 9.17) is 22.6 Å². The van der Waals surface area contributed by atoms with Gasteiger partial charge in [-0.05, 0) is 36.8 Å². The van der Waals surface area contributed by atoms with Crippen LogP contribution < -0.4 is 11.1 Å².